The summed E-state index contributed by atoms with van der Waals surface area (Å²) < 4.78 is 5.28. The number of aryl methyl sites for hydroxylation is 1. The van der Waals surface area contributed by atoms with Crippen LogP contribution in [0.1, 0.15) is 12.0 Å². The number of nitrogens with zero attached hydrogens (tertiary/aromatic N) is 1. The monoisotopic (exact) mass is 266 g/mol. The number of nitrogens with one attached hydrogen (secondary N) is 1. The van der Waals surface area contributed by atoms with Crippen LogP contribution in [-0.4, -0.2) is 24.5 Å². The predicted molar refractivity (Wildman–Crippen MR) is 72.5 cm³/mol. The van der Waals surface area contributed by atoms with E-state index in [2.05, 4.69) is 10.5 Å². The molecule has 1 aromatic carbocycles. The number of hydrogen-bond acceptors (Lipinski definition) is 4. The predicted octanol–water partition coefficient (Wildman–Crippen LogP) is 2.68. The first-order chi connectivity index (χ1) is 8.69. The summed E-state index contributed by atoms with van der Waals surface area (Å²) in [5.41, 5.74) is 4.63. The van der Waals surface area contributed by atoms with E-state index in [1.54, 1.807) is 19.3 Å². The fraction of sp³-hybridized carbons (Fsp3) is 0.308. The van der Waals surface area contributed by atoms with Crippen LogP contribution >= 0.6 is 11.6 Å². The molecular weight excluding hydrogens is 252 g/mol. The van der Waals surface area contributed by atoms with Crippen molar-refractivity contribution in [2.75, 3.05) is 13.7 Å². The van der Waals surface area contributed by atoms with Gasteiger partial charge in [-0.15, -0.1) is 0 Å². The van der Waals surface area contributed by atoms with Crippen LogP contribution in [0.3, 0.4) is 0 Å². The van der Waals surface area contributed by atoms with Crippen LogP contribution in [-0.2, 0) is 6.42 Å². The highest BCUT2D eigenvalue weighted by Gasteiger charge is 2.08. The Bertz CT molecular complexity index is 498. The summed E-state index contributed by atoms with van der Waals surface area (Å²) in [7, 11) is 1.64. The SMILES string of the molecule is COc1ccc(Cl)cc1CCC1=NNCC(O)=C1. The number of benzene rings is 1. The van der Waals surface area contributed by atoms with Crippen LogP contribution in [0, 0.1) is 0 Å². The number of halogens is 1. The minimum Gasteiger partial charge on any atom is -0.510 e. The molecule has 0 amide bonds. The fourth-order valence-electron chi connectivity index (χ4n) is 1.83. The van der Waals surface area contributed by atoms with Gasteiger partial charge in [-0.2, -0.15) is 5.10 Å². The highest BCUT2D eigenvalue weighted by Crippen LogP contribution is 2.24. The molecule has 0 bridgehead atoms. The zero-order valence-corrected chi connectivity index (χ0v) is 10.9. The van der Waals surface area contributed by atoms with Gasteiger partial charge in [-0.05, 0) is 36.6 Å². The highest BCUT2D eigenvalue weighted by molar-refractivity contribution is 6.30. The van der Waals surface area contributed by atoms with E-state index in [0.717, 1.165) is 23.4 Å². The third-order valence-electron chi connectivity index (χ3n) is 2.71. The maximum atomic E-state index is 9.39. The van der Waals surface area contributed by atoms with Crippen molar-refractivity contribution in [3.8, 4) is 5.75 Å². The Morgan fingerprint density at radius 1 is 1.44 bits per heavy atom. The molecular formula is C13H15ClN2O2. The van der Waals surface area contributed by atoms with E-state index in [1.165, 1.54) is 0 Å². The Hall–Kier alpha value is -1.68. The molecule has 0 spiro atoms. The van der Waals surface area contributed by atoms with E-state index in [4.69, 9.17) is 16.3 Å². The Morgan fingerprint density at radius 3 is 3.00 bits per heavy atom. The van der Waals surface area contributed by atoms with Gasteiger partial charge in [0, 0.05) is 11.1 Å². The molecule has 0 atom stereocenters. The molecule has 0 fully saturated rings. The molecule has 1 aliphatic heterocycles. The van der Waals surface area contributed by atoms with Gasteiger partial charge in [0.05, 0.1) is 19.4 Å². The Labute approximate surface area is 111 Å². The minimum atomic E-state index is 0.304. The average molecular weight is 267 g/mol. The lowest BCUT2D eigenvalue weighted by Gasteiger charge is -2.12. The molecule has 2 N–H and O–H groups in total. The van der Waals surface area contributed by atoms with Gasteiger partial charge < -0.3 is 15.3 Å². The summed E-state index contributed by atoms with van der Waals surface area (Å²) in [5.74, 6) is 1.12. The van der Waals surface area contributed by atoms with E-state index in [1.807, 2.05) is 12.1 Å². The summed E-state index contributed by atoms with van der Waals surface area (Å²) >= 11 is 5.97. The molecule has 4 nitrogen and oxygen atoms in total. The van der Waals surface area contributed by atoms with Crippen molar-refractivity contribution in [1.29, 1.82) is 0 Å². The second-order valence-corrected chi connectivity index (χ2v) is 4.47. The molecule has 0 unspecified atom stereocenters. The Morgan fingerprint density at radius 2 is 2.28 bits per heavy atom. The van der Waals surface area contributed by atoms with Gasteiger partial charge >= 0.3 is 0 Å². The molecule has 0 radical (unpaired) electrons. The van der Waals surface area contributed by atoms with Crippen molar-refractivity contribution in [3.63, 3.8) is 0 Å². The summed E-state index contributed by atoms with van der Waals surface area (Å²) in [5, 5.41) is 14.2. The number of aliphatic hydroxyl groups is 1. The van der Waals surface area contributed by atoms with E-state index in [9.17, 15) is 5.11 Å². The van der Waals surface area contributed by atoms with Gasteiger partial charge in [-0.3, -0.25) is 0 Å². The Balaban J connectivity index is 2.06. The van der Waals surface area contributed by atoms with Crippen molar-refractivity contribution in [1.82, 2.24) is 5.43 Å². The quantitative estimate of drug-likeness (QED) is 0.881. The zero-order valence-electron chi connectivity index (χ0n) is 10.1. The molecule has 0 aromatic heterocycles. The number of ether oxygens (including phenoxy) is 1. The van der Waals surface area contributed by atoms with Gasteiger partial charge in [0.1, 0.15) is 11.5 Å². The third kappa shape index (κ3) is 3.17. The standard InChI is InChI=1S/C13H15ClN2O2/c1-18-13-5-3-10(14)6-9(13)2-4-11-7-12(17)8-15-16-11/h3,5-7,15,17H,2,4,8H2,1H3. The number of allylic oxidation sites excluding steroid dienone is 1. The smallest absolute Gasteiger partial charge is 0.122 e. The van der Waals surface area contributed by atoms with Crippen molar-refractivity contribution in [2.45, 2.75) is 12.8 Å². The number of hydrogen-bond donors (Lipinski definition) is 2. The van der Waals surface area contributed by atoms with Crippen LogP contribution in [0.25, 0.3) is 0 Å². The van der Waals surface area contributed by atoms with Crippen molar-refractivity contribution in [2.24, 2.45) is 5.10 Å². The lowest BCUT2D eigenvalue weighted by Crippen LogP contribution is -2.19. The van der Waals surface area contributed by atoms with Crippen molar-refractivity contribution >= 4 is 17.3 Å². The minimum absolute atomic E-state index is 0.304. The number of methoxy groups -OCH3 is 1. The lowest BCUT2D eigenvalue weighted by atomic mass is 10.1. The summed E-state index contributed by atoms with van der Waals surface area (Å²) in [6.45, 7) is 0.393. The molecule has 1 aliphatic rings. The third-order valence-corrected chi connectivity index (χ3v) is 2.94. The molecule has 18 heavy (non-hydrogen) atoms. The largest absolute Gasteiger partial charge is 0.510 e. The number of hydrazone groups is 1. The molecule has 2 rings (SSSR count). The maximum Gasteiger partial charge on any atom is 0.122 e. The second-order valence-electron chi connectivity index (χ2n) is 4.03. The molecule has 1 heterocycles. The van der Waals surface area contributed by atoms with Gasteiger partial charge in [-0.1, -0.05) is 11.6 Å². The van der Waals surface area contributed by atoms with Crippen LogP contribution in [0.4, 0.5) is 0 Å². The lowest BCUT2D eigenvalue weighted by molar-refractivity contribution is 0.388. The van der Waals surface area contributed by atoms with E-state index >= 15 is 0 Å². The van der Waals surface area contributed by atoms with Crippen LogP contribution in [0.2, 0.25) is 5.02 Å². The summed E-state index contributed by atoms with van der Waals surface area (Å²) in [4.78, 5) is 0. The van der Waals surface area contributed by atoms with Crippen molar-refractivity contribution < 1.29 is 9.84 Å². The normalized spacial score (nSPS) is 14.6. The topological polar surface area (TPSA) is 53.8 Å². The van der Waals surface area contributed by atoms with E-state index < -0.39 is 0 Å². The molecule has 0 saturated heterocycles. The first-order valence-electron chi connectivity index (χ1n) is 5.70. The number of aliphatic hydroxyl groups excluding tert-OH is 1. The van der Waals surface area contributed by atoms with E-state index in [-0.39, 0.29) is 0 Å². The summed E-state index contributed by atoms with van der Waals surface area (Å²) in [6.07, 6.45) is 3.16. The first kappa shape index (κ1) is 12.8. The molecule has 0 aliphatic carbocycles. The fourth-order valence-corrected chi connectivity index (χ4v) is 2.03. The second kappa shape index (κ2) is 5.78. The highest BCUT2D eigenvalue weighted by atomic mass is 35.5. The average Bonchev–Trinajstić information content (AvgIpc) is 2.37. The van der Waals surface area contributed by atoms with E-state index in [0.29, 0.717) is 23.7 Å². The van der Waals surface area contributed by atoms with Gasteiger partial charge in [0.2, 0.25) is 0 Å². The van der Waals surface area contributed by atoms with Crippen LogP contribution < -0.4 is 10.2 Å². The maximum absolute atomic E-state index is 9.39. The van der Waals surface area contributed by atoms with Crippen molar-refractivity contribution in [3.05, 3.63) is 40.6 Å². The van der Waals surface area contributed by atoms with Crippen LogP contribution in [0.15, 0.2) is 35.1 Å². The molecule has 0 saturated carbocycles. The van der Waals surface area contributed by atoms with Gasteiger partial charge in [-0.25, -0.2) is 0 Å². The number of rotatable bonds is 4. The molecule has 96 valence electrons. The van der Waals surface area contributed by atoms with Crippen LogP contribution in [0.5, 0.6) is 5.75 Å². The molecule has 1 aromatic rings. The molecule has 5 heteroatoms. The summed E-state index contributed by atoms with van der Waals surface area (Å²) in [6, 6.07) is 5.54. The van der Waals surface area contributed by atoms with Gasteiger partial charge in [0.25, 0.3) is 0 Å². The van der Waals surface area contributed by atoms with Gasteiger partial charge in [0.15, 0.2) is 0 Å². The first-order valence-corrected chi connectivity index (χ1v) is 6.08. The Kier molecular flexibility index (Phi) is 4.10. The zero-order chi connectivity index (χ0) is 13.0.